The van der Waals surface area contributed by atoms with E-state index in [4.69, 9.17) is 9.84 Å². The Labute approximate surface area is 114 Å². The second kappa shape index (κ2) is 7.33. The molecule has 2 amide bonds. The zero-order chi connectivity index (χ0) is 14.3. The fourth-order valence-corrected chi connectivity index (χ4v) is 2.39. The van der Waals surface area contributed by atoms with Gasteiger partial charge in [-0.3, -0.25) is 4.79 Å². The van der Waals surface area contributed by atoms with Crippen LogP contribution in [-0.2, 0) is 9.53 Å². The molecule has 2 N–H and O–H groups in total. The number of ether oxygens (including phenoxy) is 1. The number of carbonyl (C=O) groups excluding carboxylic acids is 1. The zero-order valence-corrected chi connectivity index (χ0v) is 11.8. The van der Waals surface area contributed by atoms with Gasteiger partial charge in [0.15, 0.2) is 0 Å². The van der Waals surface area contributed by atoms with Crippen molar-refractivity contribution >= 4 is 12.0 Å². The highest BCUT2D eigenvalue weighted by Gasteiger charge is 2.32. The van der Waals surface area contributed by atoms with E-state index >= 15 is 0 Å². The molecule has 0 spiro atoms. The van der Waals surface area contributed by atoms with E-state index in [9.17, 15) is 9.59 Å². The van der Waals surface area contributed by atoms with Gasteiger partial charge in [-0.05, 0) is 12.8 Å². The van der Waals surface area contributed by atoms with Gasteiger partial charge in [0, 0.05) is 27.2 Å². The molecule has 0 atom stereocenters. The van der Waals surface area contributed by atoms with Crippen LogP contribution in [0.1, 0.15) is 38.5 Å². The van der Waals surface area contributed by atoms with Crippen LogP contribution in [0.15, 0.2) is 0 Å². The average Bonchev–Trinajstić information content (AvgIpc) is 2.43. The summed E-state index contributed by atoms with van der Waals surface area (Å²) < 4.78 is 5.58. The molecular weight excluding hydrogens is 248 g/mol. The van der Waals surface area contributed by atoms with Gasteiger partial charge >= 0.3 is 12.0 Å². The third kappa shape index (κ3) is 5.06. The number of carboxylic acid groups (broad SMARTS) is 1. The molecule has 0 radical (unpaired) electrons. The zero-order valence-electron chi connectivity index (χ0n) is 11.8. The summed E-state index contributed by atoms with van der Waals surface area (Å²) in [4.78, 5) is 23.7. The Kier molecular flexibility index (Phi) is 6.08. The number of urea groups is 1. The first-order valence-electron chi connectivity index (χ1n) is 6.75. The molecule has 0 aliphatic heterocycles. The summed E-state index contributed by atoms with van der Waals surface area (Å²) in [6, 6.07) is -0.247. The van der Waals surface area contributed by atoms with Gasteiger partial charge in [0.25, 0.3) is 0 Å². The van der Waals surface area contributed by atoms with Crippen molar-refractivity contribution in [2.24, 2.45) is 0 Å². The van der Waals surface area contributed by atoms with Gasteiger partial charge in [0.2, 0.25) is 0 Å². The first-order valence-corrected chi connectivity index (χ1v) is 6.75. The number of carboxylic acids is 1. The van der Waals surface area contributed by atoms with E-state index in [2.05, 4.69) is 5.32 Å². The number of amides is 2. The number of hydrogen-bond donors (Lipinski definition) is 2. The molecule has 1 aliphatic carbocycles. The lowest BCUT2D eigenvalue weighted by Crippen LogP contribution is -2.49. The molecule has 110 valence electrons. The summed E-state index contributed by atoms with van der Waals surface area (Å²) in [5.74, 6) is -0.903. The van der Waals surface area contributed by atoms with Crippen LogP contribution >= 0.6 is 0 Å². The Morgan fingerprint density at radius 1 is 1.32 bits per heavy atom. The van der Waals surface area contributed by atoms with E-state index in [1.807, 2.05) is 0 Å². The molecule has 1 fully saturated rings. The van der Waals surface area contributed by atoms with Crippen molar-refractivity contribution in [1.29, 1.82) is 0 Å². The molecule has 6 heteroatoms. The highest BCUT2D eigenvalue weighted by Crippen LogP contribution is 2.30. The molecule has 6 nitrogen and oxygen atoms in total. The summed E-state index contributed by atoms with van der Waals surface area (Å²) in [6.45, 7) is 0.695. The van der Waals surface area contributed by atoms with E-state index in [1.165, 1.54) is 11.3 Å². The van der Waals surface area contributed by atoms with Crippen LogP contribution in [0.4, 0.5) is 4.79 Å². The van der Waals surface area contributed by atoms with Crippen LogP contribution < -0.4 is 5.32 Å². The maximum Gasteiger partial charge on any atom is 0.317 e. The van der Waals surface area contributed by atoms with Crippen molar-refractivity contribution in [1.82, 2.24) is 10.2 Å². The molecule has 0 saturated heterocycles. The van der Waals surface area contributed by atoms with Crippen molar-refractivity contribution in [3.05, 3.63) is 0 Å². The predicted molar refractivity (Wildman–Crippen MR) is 71.1 cm³/mol. The van der Waals surface area contributed by atoms with Gasteiger partial charge in [0.1, 0.15) is 0 Å². The number of carbonyl (C=O) groups is 2. The highest BCUT2D eigenvalue weighted by atomic mass is 16.5. The Hall–Kier alpha value is -1.30. The normalized spacial score (nSPS) is 17.8. The lowest BCUT2D eigenvalue weighted by atomic mass is 9.84. The van der Waals surface area contributed by atoms with Gasteiger partial charge in [-0.1, -0.05) is 19.3 Å². The summed E-state index contributed by atoms with van der Waals surface area (Å²) in [6.07, 6.45) is 5.35. The molecule has 0 heterocycles. The minimum absolute atomic E-state index is 0.0423. The molecule has 0 aromatic heterocycles. The number of hydrogen-bond acceptors (Lipinski definition) is 3. The van der Waals surface area contributed by atoms with Crippen LogP contribution in [0.3, 0.4) is 0 Å². The minimum Gasteiger partial charge on any atom is -0.481 e. The lowest BCUT2D eigenvalue weighted by molar-refractivity contribution is -0.137. The minimum atomic E-state index is -0.903. The van der Waals surface area contributed by atoms with E-state index in [-0.39, 0.29) is 24.6 Å². The Morgan fingerprint density at radius 3 is 2.47 bits per heavy atom. The summed E-state index contributed by atoms with van der Waals surface area (Å²) in [5, 5.41) is 11.4. The summed E-state index contributed by atoms with van der Waals surface area (Å²) in [7, 11) is 3.28. The van der Waals surface area contributed by atoms with E-state index in [0.717, 1.165) is 25.7 Å². The number of aliphatic carboxylic acids is 1. The maximum atomic E-state index is 11.8. The molecule has 19 heavy (non-hydrogen) atoms. The van der Waals surface area contributed by atoms with Gasteiger partial charge in [-0.2, -0.15) is 0 Å². The molecule has 0 bridgehead atoms. The predicted octanol–water partition coefficient (Wildman–Crippen LogP) is 1.45. The number of nitrogens with one attached hydrogen (secondary N) is 1. The van der Waals surface area contributed by atoms with Crippen LogP contribution in [0, 0.1) is 0 Å². The van der Waals surface area contributed by atoms with Crippen molar-refractivity contribution in [3.8, 4) is 0 Å². The second-order valence-electron chi connectivity index (χ2n) is 5.17. The second-order valence-corrected chi connectivity index (χ2v) is 5.17. The van der Waals surface area contributed by atoms with Crippen molar-refractivity contribution in [2.45, 2.75) is 44.1 Å². The molecule has 1 aliphatic rings. The maximum absolute atomic E-state index is 11.8. The third-order valence-electron chi connectivity index (χ3n) is 3.77. The van der Waals surface area contributed by atoms with E-state index in [1.54, 1.807) is 14.2 Å². The Balaban J connectivity index is 2.37. The first-order chi connectivity index (χ1) is 8.99. The van der Waals surface area contributed by atoms with Crippen molar-refractivity contribution < 1.29 is 19.4 Å². The summed E-state index contributed by atoms with van der Waals surface area (Å²) >= 11 is 0. The van der Waals surface area contributed by atoms with E-state index < -0.39 is 5.97 Å². The number of rotatable bonds is 6. The fraction of sp³-hybridized carbons (Fsp3) is 0.846. The van der Waals surface area contributed by atoms with Crippen LogP contribution in [0.25, 0.3) is 0 Å². The molecule has 1 rings (SSSR count). The van der Waals surface area contributed by atoms with E-state index in [0.29, 0.717) is 6.54 Å². The summed E-state index contributed by atoms with van der Waals surface area (Å²) in [5.41, 5.74) is -0.248. The van der Waals surface area contributed by atoms with Gasteiger partial charge in [-0.25, -0.2) is 4.79 Å². The number of methoxy groups -OCH3 is 1. The first kappa shape index (κ1) is 15.8. The monoisotopic (exact) mass is 272 g/mol. The van der Waals surface area contributed by atoms with Crippen molar-refractivity contribution in [3.63, 3.8) is 0 Å². The van der Waals surface area contributed by atoms with Gasteiger partial charge < -0.3 is 20.1 Å². The Bertz CT molecular complexity index is 314. The quantitative estimate of drug-likeness (QED) is 0.767. The molecule has 0 aromatic rings. The standard InChI is InChI=1S/C13H24N2O4/c1-15(9-6-11(16)17)12(18)14-10-13(19-2)7-4-3-5-8-13/h3-10H2,1-2H3,(H,14,18)(H,16,17). The average molecular weight is 272 g/mol. The van der Waals surface area contributed by atoms with Gasteiger partial charge in [0.05, 0.1) is 12.0 Å². The van der Waals surface area contributed by atoms with Crippen LogP contribution in [-0.4, -0.2) is 54.9 Å². The largest absolute Gasteiger partial charge is 0.481 e. The molecule has 0 unspecified atom stereocenters. The molecular formula is C13H24N2O4. The Morgan fingerprint density at radius 2 is 1.95 bits per heavy atom. The highest BCUT2D eigenvalue weighted by molar-refractivity contribution is 5.75. The van der Waals surface area contributed by atoms with Gasteiger partial charge in [-0.15, -0.1) is 0 Å². The topological polar surface area (TPSA) is 78.9 Å². The number of nitrogens with zero attached hydrogens (tertiary/aromatic N) is 1. The van der Waals surface area contributed by atoms with Crippen LogP contribution in [0.5, 0.6) is 0 Å². The lowest BCUT2D eigenvalue weighted by Gasteiger charge is -2.36. The molecule has 0 aromatic carbocycles. The van der Waals surface area contributed by atoms with Crippen molar-refractivity contribution in [2.75, 3.05) is 27.2 Å². The smallest absolute Gasteiger partial charge is 0.317 e. The third-order valence-corrected chi connectivity index (χ3v) is 3.77. The SMILES string of the molecule is COC1(CNC(=O)N(C)CCC(=O)O)CCCCC1. The van der Waals surface area contributed by atoms with Crippen LogP contribution in [0.2, 0.25) is 0 Å². The fourth-order valence-electron chi connectivity index (χ4n) is 2.39. The molecule has 1 saturated carbocycles.